The zero-order valence-electron chi connectivity index (χ0n) is 25.6. The number of amides is 1. The molecule has 1 amide bonds. The molecule has 48 heavy (non-hydrogen) atoms. The number of carbonyl (C=O) groups excluding carboxylic acids is 1. The number of benzene rings is 2. The molecular weight excluding hydrogens is 634 g/mol. The molecule has 1 aliphatic carbocycles. The van der Waals surface area contributed by atoms with Gasteiger partial charge in [-0.2, -0.15) is 0 Å². The van der Waals surface area contributed by atoms with E-state index in [4.69, 9.17) is 14.4 Å². The number of aromatic nitrogens is 4. The van der Waals surface area contributed by atoms with Crippen molar-refractivity contribution in [2.24, 2.45) is 0 Å². The van der Waals surface area contributed by atoms with Gasteiger partial charge in [0, 0.05) is 23.2 Å². The van der Waals surface area contributed by atoms with Crippen molar-refractivity contribution in [2.75, 3.05) is 11.9 Å². The van der Waals surface area contributed by atoms with Crippen LogP contribution in [-0.4, -0.2) is 37.5 Å². The van der Waals surface area contributed by atoms with Crippen molar-refractivity contribution in [1.29, 1.82) is 0 Å². The number of carbonyl (C=O) groups is 1. The van der Waals surface area contributed by atoms with Gasteiger partial charge in [-0.1, -0.05) is 18.2 Å². The molecule has 6 heterocycles. The molecule has 0 bridgehead atoms. The van der Waals surface area contributed by atoms with Crippen molar-refractivity contribution < 1.29 is 18.0 Å². The fourth-order valence-corrected chi connectivity index (χ4v) is 8.70. The number of pyridine rings is 2. The summed E-state index contributed by atoms with van der Waals surface area (Å²) in [5.74, 6) is -0.666. The van der Waals surface area contributed by atoms with E-state index in [1.165, 1.54) is 29.5 Å². The van der Waals surface area contributed by atoms with Crippen LogP contribution >= 0.6 is 11.3 Å². The molecule has 1 fully saturated rings. The first kappa shape index (κ1) is 29.0. The quantitative estimate of drug-likeness (QED) is 0.186. The molecule has 1 saturated heterocycles. The summed E-state index contributed by atoms with van der Waals surface area (Å²) in [6, 6.07) is 15.0. The molecule has 0 spiro atoms. The molecule has 0 saturated carbocycles. The predicted octanol–water partition coefficient (Wildman–Crippen LogP) is 7.16. The highest BCUT2D eigenvalue weighted by Crippen LogP contribution is 2.50. The number of fused-ring (bicyclic) bond motifs is 5. The maximum atomic E-state index is 14.2. The van der Waals surface area contributed by atoms with Gasteiger partial charge in [-0.3, -0.25) is 9.78 Å². The van der Waals surface area contributed by atoms with Crippen molar-refractivity contribution in [3.63, 3.8) is 0 Å². The van der Waals surface area contributed by atoms with Crippen molar-refractivity contribution >= 4 is 33.1 Å². The largest absolute Gasteiger partial charge is 0.434 e. The molecule has 2 aliphatic heterocycles. The molecule has 240 valence electrons. The van der Waals surface area contributed by atoms with Gasteiger partial charge in [-0.25, -0.2) is 23.7 Å². The number of hydrogen-bond acceptors (Lipinski definition) is 8. The van der Waals surface area contributed by atoms with E-state index in [9.17, 15) is 18.4 Å². The molecular formula is C36H28F2N6O3S. The number of rotatable bonds is 7. The van der Waals surface area contributed by atoms with E-state index in [0.29, 0.717) is 47.6 Å². The average molecular weight is 663 g/mol. The van der Waals surface area contributed by atoms with Gasteiger partial charge in [0.25, 0.3) is 11.8 Å². The summed E-state index contributed by atoms with van der Waals surface area (Å²) in [6.07, 6.45) is 6.10. The van der Waals surface area contributed by atoms with Crippen LogP contribution in [0.25, 0.3) is 32.0 Å². The fourth-order valence-electron chi connectivity index (χ4n) is 7.54. The molecule has 0 unspecified atom stereocenters. The lowest BCUT2D eigenvalue weighted by Crippen LogP contribution is -2.22. The van der Waals surface area contributed by atoms with Crippen molar-refractivity contribution in [2.45, 2.75) is 50.6 Å². The number of nitrogens with one attached hydrogen (secondary N) is 2. The normalized spacial score (nSPS) is 18.0. The second kappa shape index (κ2) is 11.2. The fraction of sp³-hybridized carbons (Fsp3) is 0.250. The lowest BCUT2D eigenvalue weighted by molar-refractivity contribution is 0.0776. The Morgan fingerprint density at radius 2 is 1.83 bits per heavy atom. The Morgan fingerprint density at radius 1 is 0.979 bits per heavy atom. The van der Waals surface area contributed by atoms with Gasteiger partial charge in [0.1, 0.15) is 17.5 Å². The molecule has 12 heteroatoms. The highest BCUT2D eigenvalue weighted by molar-refractivity contribution is 7.23. The minimum Gasteiger partial charge on any atom is -0.388 e. The Labute approximate surface area is 276 Å². The summed E-state index contributed by atoms with van der Waals surface area (Å²) in [5, 5.41) is 11.1. The first-order chi connectivity index (χ1) is 23.4. The highest BCUT2D eigenvalue weighted by Gasteiger charge is 2.45. The lowest BCUT2D eigenvalue weighted by Gasteiger charge is -2.16. The van der Waals surface area contributed by atoms with Crippen LogP contribution in [0.3, 0.4) is 0 Å². The SMILES string of the molecule is O=C1c2c(nc(CCc3ccc(F)cc3)c(-c3n[nH]c(=O)o3)c2-c2cc3ccnc(N[C@H]4CCc5ccc(F)cc54)c3s2)[C@@H]2CCCN12. The first-order valence-corrected chi connectivity index (χ1v) is 16.8. The summed E-state index contributed by atoms with van der Waals surface area (Å²) in [6.45, 7) is 0.644. The summed E-state index contributed by atoms with van der Waals surface area (Å²) in [4.78, 5) is 38.9. The molecule has 2 N–H and O–H groups in total. The summed E-state index contributed by atoms with van der Waals surface area (Å²) in [5.41, 5.74) is 5.96. The molecule has 9 rings (SSSR count). The van der Waals surface area contributed by atoms with Gasteiger partial charge >= 0.3 is 5.76 Å². The maximum absolute atomic E-state index is 14.2. The van der Waals surface area contributed by atoms with E-state index in [0.717, 1.165) is 63.0 Å². The van der Waals surface area contributed by atoms with Crippen LogP contribution in [0.2, 0.25) is 0 Å². The number of hydrogen-bond donors (Lipinski definition) is 2. The Hall–Kier alpha value is -5.23. The lowest BCUT2D eigenvalue weighted by atomic mass is 9.93. The number of anilines is 1. The van der Waals surface area contributed by atoms with Gasteiger partial charge in [0.2, 0.25) is 0 Å². The van der Waals surface area contributed by atoms with Crippen LogP contribution in [0.15, 0.2) is 70.0 Å². The predicted molar refractivity (Wildman–Crippen MR) is 177 cm³/mol. The van der Waals surface area contributed by atoms with Gasteiger partial charge < -0.3 is 14.6 Å². The van der Waals surface area contributed by atoms with Gasteiger partial charge in [-0.05, 0) is 97.0 Å². The Bertz CT molecular complexity index is 2310. The number of aromatic amines is 1. The second-order valence-electron chi connectivity index (χ2n) is 12.5. The van der Waals surface area contributed by atoms with Crippen LogP contribution in [0.4, 0.5) is 14.6 Å². The number of thiophene rings is 1. The van der Waals surface area contributed by atoms with Crippen LogP contribution in [-0.2, 0) is 19.3 Å². The van der Waals surface area contributed by atoms with Crippen LogP contribution in [0.5, 0.6) is 0 Å². The smallest absolute Gasteiger partial charge is 0.388 e. The monoisotopic (exact) mass is 662 g/mol. The summed E-state index contributed by atoms with van der Waals surface area (Å²) in [7, 11) is 0. The van der Waals surface area contributed by atoms with Crippen molar-refractivity contribution in [3.05, 3.63) is 117 Å². The van der Waals surface area contributed by atoms with Gasteiger partial charge in [0.05, 0.1) is 39.3 Å². The molecule has 6 aromatic rings. The van der Waals surface area contributed by atoms with Crippen LogP contribution in [0, 0.1) is 11.6 Å². The van der Waals surface area contributed by atoms with E-state index in [1.54, 1.807) is 24.4 Å². The standard InChI is InChI=1S/C36H28F2N6O3S/c37-21-8-3-18(4-9-21)5-11-25-28(34-42-43-36(46)47-34)29(30-31(40-25)26-2-1-15-44(26)35(30)45)27-16-20-13-14-39-33(32(20)48-27)41-24-12-7-19-6-10-22(38)17-23(19)24/h3-4,6,8-10,13-14,16-17,24,26H,1-2,5,7,11-12,15H2,(H,39,41)(H,43,46)/t24-,26-/m0/s1. The van der Waals surface area contributed by atoms with Crippen molar-refractivity contribution in [1.82, 2.24) is 25.1 Å². The second-order valence-corrected chi connectivity index (χ2v) is 13.6. The molecule has 4 aromatic heterocycles. The third-order valence-electron chi connectivity index (χ3n) is 9.74. The molecule has 3 aliphatic rings. The van der Waals surface area contributed by atoms with E-state index < -0.39 is 5.76 Å². The molecule has 2 aromatic carbocycles. The first-order valence-electron chi connectivity index (χ1n) is 16.0. The average Bonchev–Trinajstić information content (AvgIpc) is 3.92. The molecule has 9 nitrogen and oxygen atoms in total. The van der Waals surface area contributed by atoms with E-state index in [-0.39, 0.29) is 35.5 Å². The zero-order chi connectivity index (χ0) is 32.5. The Morgan fingerprint density at radius 3 is 2.67 bits per heavy atom. The van der Waals surface area contributed by atoms with E-state index >= 15 is 0 Å². The third-order valence-corrected chi connectivity index (χ3v) is 10.9. The molecule has 2 atom stereocenters. The van der Waals surface area contributed by atoms with Crippen LogP contribution in [0.1, 0.15) is 69.8 Å². The Kier molecular flexibility index (Phi) is 6.75. The Balaban J connectivity index is 1.21. The highest BCUT2D eigenvalue weighted by atomic mass is 32.1. The number of nitrogens with zero attached hydrogens (tertiary/aromatic N) is 4. The minimum atomic E-state index is -0.715. The van der Waals surface area contributed by atoms with Crippen LogP contribution < -0.4 is 11.1 Å². The summed E-state index contributed by atoms with van der Waals surface area (Å²) >= 11 is 1.48. The number of halogens is 2. The third kappa shape index (κ3) is 4.73. The topological polar surface area (TPSA) is 117 Å². The van der Waals surface area contributed by atoms with Gasteiger partial charge in [0.15, 0.2) is 0 Å². The van der Waals surface area contributed by atoms with E-state index in [2.05, 4.69) is 15.5 Å². The zero-order valence-corrected chi connectivity index (χ0v) is 26.4. The maximum Gasteiger partial charge on any atom is 0.434 e. The number of aryl methyl sites for hydroxylation is 3. The van der Waals surface area contributed by atoms with E-state index in [1.807, 2.05) is 23.1 Å². The minimum absolute atomic E-state index is 0.0535. The van der Waals surface area contributed by atoms with Crippen molar-refractivity contribution in [3.8, 4) is 21.9 Å². The van der Waals surface area contributed by atoms with Gasteiger partial charge in [-0.15, -0.1) is 16.4 Å². The molecule has 0 radical (unpaired) electrons. The summed E-state index contributed by atoms with van der Waals surface area (Å²) < 4.78 is 34.3. The number of H-pyrrole nitrogens is 1.